The molecule has 0 bridgehead atoms. The molecule has 0 aromatic carbocycles. The van der Waals surface area contributed by atoms with E-state index in [9.17, 15) is 18.0 Å². The lowest BCUT2D eigenvalue weighted by Gasteiger charge is -2.04. The number of alkyl halides is 3. The van der Waals surface area contributed by atoms with Crippen LogP contribution in [0.25, 0.3) is 0 Å². The molecule has 0 saturated heterocycles. The van der Waals surface area contributed by atoms with E-state index in [1.165, 1.54) is 0 Å². The Morgan fingerprint density at radius 3 is 2.50 bits per heavy atom. The Hall–Kier alpha value is -1.71. The summed E-state index contributed by atoms with van der Waals surface area (Å²) in [6.45, 7) is 0. The van der Waals surface area contributed by atoms with Crippen LogP contribution in [0.5, 0.6) is 0 Å². The van der Waals surface area contributed by atoms with Crippen molar-refractivity contribution in [3.63, 3.8) is 0 Å². The van der Waals surface area contributed by atoms with Crippen LogP contribution in [-0.2, 0) is 12.6 Å². The van der Waals surface area contributed by atoms with Crippen molar-refractivity contribution in [2.75, 3.05) is 0 Å². The van der Waals surface area contributed by atoms with E-state index in [-0.39, 0.29) is 12.8 Å². The molecular formula is C7H6F3N3O. The van der Waals surface area contributed by atoms with Gasteiger partial charge < -0.3 is 0 Å². The summed E-state index contributed by atoms with van der Waals surface area (Å²) in [5.74, 6) is 0. The zero-order valence-electron chi connectivity index (χ0n) is 6.90. The number of nitrogens with one attached hydrogen (secondary N) is 2. The van der Waals surface area contributed by atoms with Gasteiger partial charge in [0.2, 0.25) is 0 Å². The van der Waals surface area contributed by atoms with Gasteiger partial charge in [-0.15, -0.1) is 0 Å². The highest BCUT2D eigenvalue weighted by Gasteiger charge is 2.36. The number of rotatable bonds is 2. The number of H-pyrrole nitrogens is 2. The molecule has 0 radical (unpaired) electrons. The van der Waals surface area contributed by atoms with Crippen molar-refractivity contribution in [1.29, 1.82) is 5.26 Å². The van der Waals surface area contributed by atoms with Crippen LogP contribution in [0, 0.1) is 11.3 Å². The van der Waals surface area contributed by atoms with Crippen LogP contribution in [-0.4, -0.2) is 10.2 Å². The molecule has 2 N–H and O–H groups in total. The van der Waals surface area contributed by atoms with Crippen LogP contribution in [0.2, 0.25) is 0 Å². The molecule has 1 heterocycles. The minimum absolute atomic E-state index is 0.121. The molecule has 0 aliphatic heterocycles. The molecule has 4 nitrogen and oxygen atoms in total. The summed E-state index contributed by atoms with van der Waals surface area (Å²) in [5.41, 5.74) is -2.34. The predicted octanol–water partition coefficient (Wildman–Crippen LogP) is 1.18. The highest BCUT2D eigenvalue weighted by atomic mass is 19.4. The summed E-state index contributed by atoms with van der Waals surface area (Å²) in [7, 11) is 0. The van der Waals surface area contributed by atoms with Crippen molar-refractivity contribution in [2.24, 2.45) is 0 Å². The molecule has 0 aliphatic carbocycles. The fourth-order valence-electron chi connectivity index (χ4n) is 1.05. The van der Waals surface area contributed by atoms with Crippen molar-refractivity contribution in [3.8, 4) is 6.07 Å². The summed E-state index contributed by atoms with van der Waals surface area (Å²) in [6.07, 6.45) is -4.92. The van der Waals surface area contributed by atoms with Gasteiger partial charge in [0.15, 0.2) is 0 Å². The van der Waals surface area contributed by atoms with E-state index in [1.807, 2.05) is 5.10 Å². The average molecular weight is 205 g/mol. The lowest BCUT2D eigenvalue weighted by molar-refractivity contribution is -0.141. The molecule has 14 heavy (non-hydrogen) atoms. The first-order valence-electron chi connectivity index (χ1n) is 3.70. The molecule has 1 aromatic heterocycles. The molecule has 0 aliphatic rings. The zero-order valence-corrected chi connectivity index (χ0v) is 6.90. The standard InChI is InChI=1S/C7H6F3N3O/c8-7(9,10)5-4(2-1-3-11)6(14)13-12-5/h1-2H2,(H2,12,13,14). The monoisotopic (exact) mass is 205 g/mol. The van der Waals surface area contributed by atoms with Gasteiger partial charge in [0, 0.05) is 12.0 Å². The SMILES string of the molecule is N#CCCc1c(C(F)(F)F)[nH][nH]c1=O. The van der Waals surface area contributed by atoms with E-state index in [1.54, 1.807) is 11.2 Å². The van der Waals surface area contributed by atoms with Crippen molar-refractivity contribution in [1.82, 2.24) is 10.2 Å². The second-order valence-electron chi connectivity index (χ2n) is 2.59. The van der Waals surface area contributed by atoms with Gasteiger partial charge in [-0.25, -0.2) is 0 Å². The highest BCUT2D eigenvalue weighted by molar-refractivity contribution is 5.20. The predicted molar refractivity (Wildman–Crippen MR) is 40.3 cm³/mol. The molecule has 0 amide bonds. The fraction of sp³-hybridized carbons (Fsp3) is 0.429. The number of hydrogen-bond donors (Lipinski definition) is 2. The smallest absolute Gasteiger partial charge is 0.293 e. The Bertz CT molecular complexity index is 409. The summed E-state index contributed by atoms with van der Waals surface area (Å²) < 4.78 is 36.6. The average Bonchev–Trinajstić information content (AvgIpc) is 2.42. The minimum Gasteiger partial charge on any atom is -0.293 e. The van der Waals surface area contributed by atoms with Crippen molar-refractivity contribution in [3.05, 3.63) is 21.6 Å². The van der Waals surface area contributed by atoms with Crippen LogP contribution in [0.4, 0.5) is 13.2 Å². The Morgan fingerprint density at radius 1 is 1.36 bits per heavy atom. The second-order valence-corrected chi connectivity index (χ2v) is 2.59. The van der Waals surface area contributed by atoms with Gasteiger partial charge in [0.05, 0.1) is 6.07 Å². The molecule has 76 valence electrons. The molecule has 0 spiro atoms. The lowest BCUT2D eigenvalue weighted by Crippen LogP contribution is -2.12. The van der Waals surface area contributed by atoms with E-state index in [2.05, 4.69) is 0 Å². The van der Waals surface area contributed by atoms with Gasteiger partial charge in [-0.1, -0.05) is 0 Å². The van der Waals surface area contributed by atoms with Gasteiger partial charge >= 0.3 is 6.18 Å². The van der Waals surface area contributed by atoms with E-state index >= 15 is 0 Å². The lowest BCUT2D eigenvalue weighted by atomic mass is 10.1. The second kappa shape index (κ2) is 3.57. The van der Waals surface area contributed by atoms with Crippen LogP contribution in [0.1, 0.15) is 17.7 Å². The number of aromatic nitrogens is 2. The third kappa shape index (κ3) is 1.96. The maximum Gasteiger partial charge on any atom is 0.433 e. The molecule has 0 unspecified atom stereocenters. The van der Waals surface area contributed by atoms with Crippen molar-refractivity contribution in [2.45, 2.75) is 19.0 Å². The van der Waals surface area contributed by atoms with E-state index in [4.69, 9.17) is 5.26 Å². The van der Waals surface area contributed by atoms with Crippen LogP contribution in [0.15, 0.2) is 4.79 Å². The normalized spacial score (nSPS) is 11.3. The number of nitriles is 1. The summed E-state index contributed by atoms with van der Waals surface area (Å²) in [6, 6.07) is 1.68. The third-order valence-electron chi connectivity index (χ3n) is 1.65. The fourth-order valence-corrected chi connectivity index (χ4v) is 1.05. The van der Waals surface area contributed by atoms with E-state index in [0.717, 1.165) is 0 Å². The van der Waals surface area contributed by atoms with Crippen molar-refractivity contribution < 1.29 is 13.2 Å². The van der Waals surface area contributed by atoms with Gasteiger partial charge in [-0.2, -0.15) is 18.4 Å². The van der Waals surface area contributed by atoms with Gasteiger partial charge in [0.25, 0.3) is 5.56 Å². The first-order chi connectivity index (χ1) is 6.46. The molecule has 1 rings (SSSR count). The largest absolute Gasteiger partial charge is 0.433 e. The maximum atomic E-state index is 12.2. The van der Waals surface area contributed by atoms with Gasteiger partial charge in [0.1, 0.15) is 5.69 Å². The van der Waals surface area contributed by atoms with Crippen LogP contribution >= 0.6 is 0 Å². The van der Waals surface area contributed by atoms with E-state index in [0.29, 0.717) is 0 Å². The molecule has 0 fully saturated rings. The Kier molecular flexibility index (Phi) is 2.65. The van der Waals surface area contributed by atoms with Crippen LogP contribution in [0.3, 0.4) is 0 Å². The van der Waals surface area contributed by atoms with Gasteiger partial charge in [-0.3, -0.25) is 15.0 Å². The maximum absolute atomic E-state index is 12.2. The Morgan fingerprint density at radius 2 is 2.00 bits per heavy atom. The topological polar surface area (TPSA) is 72.4 Å². The van der Waals surface area contributed by atoms with Crippen molar-refractivity contribution >= 4 is 0 Å². The Balaban J connectivity index is 3.08. The molecular weight excluding hydrogens is 199 g/mol. The first kappa shape index (κ1) is 10.4. The Labute approximate surface area is 76.3 Å². The molecule has 0 atom stereocenters. The van der Waals surface area contributed by atoms with E-state index < -0.39 is 23.0 Å². The third-order valence-corrected chi connectivity index (χ3v) is 1.65. The molecule has 7 heteroatoms. The van der Waals surface area contributed by atoms with Crippen LogP contribution < -0.4 is 5.56 Å². The summed E-state index contributed by atoms with van der Waals surface area (Å²) in [5, 5.41) is 11.8. The number of nitrogens with zero attached hydrogens (tertiary/aromatic N) is 1. The highest BCUT2D eigenvalue weighted by Crippen LogP contribution is 2.29. The number of hydrogen-bond acceptors (Lipinski definition) is 2. The number of aromatic amines is 2. The number of halogens is 3. The quantitative estimate of drug-likeness (QED) is 0.760. The zero-order chi connectivity index (χ0) is 10.8. The molecule has 0 saturated carbocycles. The minimum atomic E-state index is -4.59. The molecule has 1 aromatic rings. The summed E-state index contributed by atoms with van der Waals surface area (Å²) >= 11 is 0. The van der Waals surface area contributed by atoms with Gasteiger partial charge in [-0.05, 0) is 6.42 Å². The summed E-state index contributed by atoms with van der Waals surface area (Å²) in [4.78, 5) is 10.9. The first-order valence-corrected chi connectivity index (χ1v) is 3.70.